The molecule has 17 heavy (non-hydrogen) atoms. The molecular weight excluding hydrogens is 234 g/mol. The van der Waals surface area contributed by atoms with Gasteiger partial charge in [0.15, 0.2) is 0 Å². The topological polar surface area (TPSA) is 12.5 Å². The Kier molecular flexibility index (Phi) is 3.95. The van der Waals surface area contributed by atoms with Gasteiger partial charge in [-0.2, -0.15) is 0 Å². The summed E-state index contributed by atoms with van der Waals surface area (Å²) in [6, 6.07) is 5.89. The van der Waals surface area contributed by atoms with Crippen LogP contribution in [0.15, 0.2) is 18.2 Å². The fourth-order valence-corrected chi connectivity index (χ4v) is 2.56. The van der Waals surface area contributed by atoms with Crippen molar-refractivity contribution in [2.24, 2.45) is 5.92 Å². The molecule has 2 nitrogen and oxygen atoms in total. The molecule has 1 unspecified atom stereocenters. The molecule has 1 atom stereocenters. The van der Waals surface area contributed by atoms with Crippen LogP contribution >= 0.6 is 11.6 Å². The normalized spacial score (nSPS) is 20.9. The van der Waals surface area contributed by atoms with Crippen molar-refractivity contribution >= 4 is 11.6 Å². The standard InChI is InChI=1S/C14H20ClNO/c1-10(2)7-16-8-11(3)17-14-5-4-13(15)6-12(14)9-16/h4-6,10-11H,7-9H2,1-3H3. The monoisotopic (exact) mass is 253 g/mol. The maximum absolute atomic E-state index is 6.05. The third-order valence-electron chi connectivity index (χ3n) is 2.88. The van der Waals surface area contributed by atoms with E-state index in [4.69, 9.17) is 16.3 Å². The molecule has 0 saturated carbocycles. The molecule has 1 aromatic rings. The average molecular weight is 254 g/mol. The Balaban J connectivity index is 2.22. The summed E-state index contributed by atoms with van der Waals surface area (Å²) in [5.41, 5.74) is 1.20. The maximum atomic E-state index is 6.05. The molecule has 2 rings (SSSR count). The average Bonchev–Trinajstić information content (AvgIpc) is 2.34. The molecular formula is C14H20ClNO. The van der Waals surface area contributed by atoms with Gasteiger partial charge in [-0.1, -0.05) is 25.4 Å². The fraction of sp³-hybridized carbons (Fsp3) is 0.571. The summed E-state index contributed by atoms with van der Waals surface area (Å²) in [5.74, 6) is 1.65. The highest BCUT2D eigenvalue weighted by Gasteiger charge is 2.20. The molecule has 94 valence electrons. The molecule has 1 aromatic carbocycles. The van der Waals surface area contributed by atoms with Gasteiger partial charge in [-0.05, 0) is 31.0 Å². The number of ether oxygens (including phenoxy) is 1. The second kappa shape index (κ2) is 5.28. The highest BCUT2D eigenvalue weighted by Crippen LogP contribution is 2.28. The first-order valence-electron chi connectivity index (χ1n) is 6.22. The second-order valence-corrected chi connectivity index (χ2v) is 5.70. The van der Waals surface area contributed by atoms with Gasteiger partial charge in [0.25, 0.3) is 0 Å². The summed E-state index contributed by atoms with van der Waals surface area (Å²) >= 11 is 6.05. The summed E-state index contributed by atoms with van der Waals surface area (Å²) in [7, 11) is 0. The van der Waals surface area contributed by atoms with Crippen LogP contribution in [0.1, 0.15) is 26.3 Å². The van der Waals surface area contributed by atoms with E-state index in [9.17, 15) is 0 Å². The number of hydrogen-bond acceptors (Lipinski definition) is 2. The molecule has 0 aliphatic carbocycles. The quantitative estimate of drug-likeness (QED) is 0.799. The van der Waals surface area contributed by atoms with E-state index in [2.05, 4.69) is 25.7 Å². The van der Waals surface area contributed by atoms with Crippen LogP contribution in [-0.2, 0) is 6.54 Å². The van der Waals surface area contributed by atoms with Crippen LogP contribution in [0.25, 0.3) is 0 Å². The van der Waals surface area contributed by atoms with E-state index in [1.165, 1.54) is 5.56 Å². The molecule has 3 heteroatoms. The third kappa shape index (κ3) is 3.36. The minimum absolute atomic E-state index is 0.233. The summed E-state index contributed by atoms with van der Waals surface area (Å²) < 4.78 is 5.92. The van der Waals surface area contributed by atoms with Crippen LogP contribution in [0.5, 0.6) is 5.75 Å². The zero-order valence-electron chi connectivity index (χ0n) is 10.7. The zero-order chi connectivity index (χ0) is 12.4. The van der Waals surface area contributed by atoms with E-state index in [1.54, 1.807) is 0 Å². The Bertz CT molecular complexity index is 392. The number of rotatable bonds is 2. The van der Waals surface area contributed by atoms with E-state index < -0.39 is 0 Å². The van der Waals surface area contributed by atoms with Crippen molar-refractivity contribution < 1.29 is 4.74 Å². The van der Waals surface area contributed by atoms with Crippen molar-refractivity contribution in [3.05, 3.63) is 28.8 Å². The summed E-state index contributed by atoms with van der Waals surface area (Å²) in [6.45, 7) is 9.62. The molecule has 1 heterocycles. The van der Waals surface area contributed by atoms with E-state index >= 15 is 0 Å². The Labute approximate surface area is 109 Å². The number of nitrogens with zero attached hydrogens (tertiary/aromatic N) is 1. The smallest absolute Gasteiger partial charge is 0.124 e. The van der Waals surface area contributed by atoms with E-state index in [0.717, 1.165) is 30.4 Å². The number of hydrogen-bond donors (Lipinski definition) is 0. The molecule has 0 bridgehead atoms. The minimum atomic E-state index is 0.233. The molecule has 1 aliphatic rings. The Morgan fingerprint density at radius 2 is 2.24 bits per heavy atom. The van der Waals surface area contributed by atoms with Crippen molar-refractivity contribution in [2.45, 2.75) is 33.4 Å². The van der Waals surface area contributed by atoms with Crippen molar-refractivity contribution in [3.63, 3.8) is 0 Å². The number of halogens is 1. The molecule has 1 aliphatic heterocycles. The Hall–Kier alpha value is -0.730. The minimum Gasteiger partial charge on any atom is -0.489 e. The van der Waals surface area contributed by atoms with Crippen molar-refractivity contribution in [2.75, 3.05) is 13.1 Å². The predicted octanol–water partition coefficient (Wildman–Crippen LogP) is 3.58. The first-order chi connectivity index (χ1) is 8.04. The van der Waals surface area contributed by atoms with Gasteiger partial charge in [0.05, 0.1) is 0 Å². The van der Waals surface area contributed by atoms with Crippen LogP contribution in [0.4, 0.5) is 0 Å². The molecule has 0 amide bonds. The highest BCUT2D eigenvalue weighted by molar-refractivity contribution is 6.30. The predicted molar refractivity (Wildman–Crippen MR) is 71.7 cm³/mol. The molecule has 0 spiro atoms. The molecule has 0 N–H and O–H groups in total. The second-order valence-electron chi connectivity index (χ2n) is 5.27. The number of benzene rings is 1. The first-order valence-corrected chi connectivity index (χ1v) is 6.60. The van der Waals surface area contributed by atoms with Crippen molar-refractivity contribution in [1.82, 2.24) is 4.90 Å². The van der Waals surface area contributed by atoms with Gasteiger partial charge < -0.3 is 4.74 Å². The van der Waals surface area contributed by atoms with Crippen LogP contribution < -0.4 is 4.74 Å². The number of fused-ring (bicyclic) bond motifs is 1. The molecule has 0 aromatic heterocycles. The lowest BCUT2D eigenvalue weighted by Crippen LogP contribution is -2.33. The van der Waals surface area contributed by atoms with Gasteiger partial charge in [0.2, 0.25) is 0 Å². The Morgan fingerprint density at radius 1 is 1.47 bits per heavy atom. The Morgan fingerprint density at radius 3 is 2.94 bits per heavy atom. The van der Waals surface area contributed by atoms with Crippen LogP contribution in [0.3, 0.4) is 0 Å². The zero-order valence-corrected chi connectivity index (χ0v) is 11.5. The van der Waals surface area contributed by atoms with Gasteiger partial charge >= 0.3 is 0 Å². The van der Waals surface area contributed by atoms with Crippen LogP contribution in [-0.4, -0.2) is 24.1 Å². The lowest BCUT2D eigenvalue weighted by molar-refractivity contribution is 0.151. The largest absolute Gasteiger partial charge is 0.489 e. The highest BCUT2D eigenvalue weighted by atomic mass is 35.5. The van der Waals surface area contributed by atoms with Crippen LogP contribution in [0.2, 0.25) is 5.02 Å². The fourth-order valence-electron chi connectivity index (χ4n) is 2.37. The first kappa shape index (κ1) is 12.7. The molecule has 0 saturated heterocycles. The molecule has 0 radical (unpaired) electrons. The van der Waals surface area contributed by atoms with E-state index in [1.807, 2.05) is 18.2 Å². The van der Waals surface area contributed by atoms with Crippen LogP contribution in [0, 0.1) is 5.92 Å². The van der Waals surface area contributed by atoms with Crippen molar-refractivity contribution in [3.8, 4) is 5.75 Å². The van der Waals surface area contributed by atoms with Gasteiger partial charge in [0.1, 0.15) is 11.9 Å². The maximum Gasteiger partial charge on any atom is 0.124 e. The van der Waals surface area contributed by atoms with E-state index in [-0.39, 0.29) is 6.10 Å². The van der Waals surface area contributed by atoms with Gasteiger partial charge in [-0.25, -0.2) is 0 Å². The molecule has 0 fully saturated rings. The summed E-state index contributed by atoms with van der Waals surface area (Å²) in [5, 5.41) is 0.784. The van der Waals surface area contributed by atoms with E-state index in [0.29, 0.717) is 5.92 Å². The van der Waals surface area contributed by atoms with Crippen molar-refractivity contribution in [1.29, 1.82) is 0 Å². The van der Waals surface area contributed by atoms with Gasteiger partial charge in [0, 0.05) is 30.2 Å². The van der Waals surface area contributed by atoms with Gasteiger partial charge in [-0.3, -0.25) is 4.90 Å². The van der Waals surface area contributed by atoms with Gasteiger partial charge in [-0.15, -0.1) is 0 Å². The summed E-state index contributed by atoms with van der Waals surface area (Å²) in [4.78, 5) is 2.44. The lowest BCUT2D eigenvalue weighted by Gasteiger charge is -2.23. The lowest BCUT2D eigenvalue weighted by atomic mass is 10.1. The third-order valence-corrected chi connectivity index (χ3v) is 3.12. The summed E-state index contributed by atoms with van der Waals surface area (Å²) in [6.07, 6.45) is 0.233. The SMILES string of the molecule is CC(C)CN1Cc2cc(Cl)ccc2OC(C)C1.